The Labute approximate surface area is 236 Å². The van der Waals surface area contributed by atoms with Crippen LogP contribution in [0.5, 0.6) is 17.2 Å². The molecule has 0 aliphatic carbocycles. The van der Waals surface area contributed by atoms with Crippen LogP contribution < -0.4 is 19.1 Å². The standard InChI is InChI=1S/C31H30N2O6S/c1-6-38-21-11-8-19(9-12-21)28(34)25-27(20-10-13-22(39-7-2)23(16-20)37-5)33(30(36)29(25)35)31-32-26-18(4)14-17(3)15-24(26)40-31/h8-16,27,34H,6-7H2,1-5H3. The zero-order valence-electron chi connectivity index (χ0n) is 23.0. The second kappa shape index (κ2) is 11.0. The van der Waals surface area contributed by atoms with Gasteiger partial charge in [-0.1, -0.05) is 23.5 Å². The van der Waals surface area contributed by atoms with E-state index < -0.39 is 17.7 Å². The number of aromatic nitrogens is 1. The molecule has 0 spiro atoms. The fourth-order valence-electron chi connectivity index (χ4n) is 4.97. The maximum atomic E-state index is 13.6. The molecular weight excluding hydrogens is 528 g/mol. The molecule has 2 heterocycles. The first-order valence-corrected chi connectivity index (χ1v) is 13.8. The molecule has 5 rings (SSSR count). The summed E-state index contributed by atoms with van der Waals surface area (Å²) in [5.74, 6) is -0.234. The highest BCUT2D eigenvalue weighted by atomic mass is 32.1. The molecule has 1 aliphatic rings. The van der Waals surface area contributed by atoms with Gasteiger partial charge in [0.1, 0.15) is 11.5 Å². The van der Waals surface area contributed by atoms with Crippen LogP contribution in [0.1, 0.15) is 42.1 Å². The number of rotatable bonds is 8. The van der Waals surface area contributed by atoms with Gasteiger partial charge in [0.2, 0.25) is 0 Å². The zero-order chi connectivity index (χ0) is 28.6. The fourth-order valence-corrected chi connectivity index (χ4v) is 6.14. The third kappa shape index (κ3) is 4.77. The van der Waals surface area contributed by atoms with E-state index in [0.29, 0.717) is 46.7 Å². The molecule has 1 unspecified atom stereocenters. The molecule has 206 valence electrons. The number of Topliss-reactive ketones (excluding diaryl/α,β-unsaturated/α-hetero) is 1. The van der Waals surface area contributed by atoms with Crippen LogP contribution in [-0.4, -0.2) is 42.1 Å². The molecule has 3 aromatic carbocycles. The normalized spacial score (nSPS) is 16.5. The molecular formula is C31H30N2O6S. The molecule has 9 heteroatoms. The highest BCUT2D eigenvalue weighted by molar-refractivity contribution is 7.22. The van der Waals surface area contributed by atoms with Gasteiger partial charge in [0, 0.05) is 5.56 Å². The predicted molar refractivity (Wildman–Crippen MR) is 156 cm³/mol. The molecule has 0 radical (unpaired) electrons. The van der Waals surface area contributed by atoms with Crippen molar-refractivity contribution in [3.8, 4) is 17.2 Å². The molecule has 1 aliphatic heterocycles. The largest absolute Gasteiger partial charge is 0.507 e. The summed E-state index contributed by atoms with van der Waals surface area (Å²) in [7, 11) is 1.52. The molecule has 1 atom stereocenters. The lowest BCUT2D eigenvalue weighted by Crippen LogP contribution is -2.29. The number of amides is 1. The van der Waals surface area contributed by atoms with Crippen molar-refractivity contribution in [1.29, 1.82) is 0 Å². The average Bonchev–Trinajstić information content (AvgIpc) is 3.47. The lowest BCUT2D eigenvalue weighted by atomic mass is 9.95. The van der Waals surface area contributed by atoms with Crippen LogP contribution in [0.2, 0.25) is 0 Å². The molecule has 1 saturated heterocycles. The Kier molecular flexibility index (Phi) is 7.49. The van der Waals surface area contributed by atoms with Crippen LogP contribution in [0.25, 0.3) is 16.0 Å². The number of fused-ring (bicyclic) bond motifs is 1. The van der Waals surface area contributed by atoms with Crippen LogP contribution in [0, 0.1) is 13.8 Å². The minimum atomic E-state index is -0.946. The lowest BCUT2D eigenvalue weighted by Gasteiger charge is -2.24. The van der Waals surface area contributed by atoms with Gasteiger partial charge in [-0.2, -0.15) is 0 Å². The van der Waals surface area contributed by atoms with Gasteiger partial charge in [-0.15, -0.1) is 0 Å². The van der Waals surface area contributed by atoms with Gasteiger partial charge in [-0.05, 0) is 86.8 Å². The number of aryl methyl sites for hydroxylation is 2. The van der Waals surface area contributed by atoms with E-state index in [1.165, 1.54) is 23.3 Å². The number of aliphatic hydroxyl groups is 1. The summed E-state index contributed by atoms with van der Waals surface area (Å²) < 4.78 is 17.7. The summed E-state index contributed by atoms with van der Waals surface area (Å²) in [4.78, 5) is 33.4. The monoisotopic (exact) mass is 558 g/mol. The van der Waals surface area contributed by atoms with Gasteiger partial charge in [-0.3, -0.25) is 14.5 Å². The molecule has 8 nitrogen and oxygen atoms in total. The second-order valence-electron chi connectivity index (χ2n) is 9.39. The number of nitrogens with zero attached hydrogens (tertiary/aromatic N) is 2. The summed E-state index contributed by atoms with van der Waals surface area (Å²) in [5.41, 5.74) is 3.74. The van der Waals surface area contributed by atoms with Crippen molar-refractivity contribution >= 4 is 44.1 Å². The Morgan fingerprint density at radius 3 is 2.38 bits per heavy atom. The summed E-state index contributed by atoms with van der Waals surface area (Å²) >= 11 is 1.33. The van der Waals surface area contributed by atoms with Crippen LogP contribution in [0.15, 0.2) is 60.2 Å². The van der Waals surface area contributed by atoms with Crippen LogP contribution in [0.4, 0.5) is 5.13 Å². The molecule has 40 heavy (non-hydrogen) atoms. The van der Waals surface area contributed by atoms with Gasteiger partial charge < -0.3 is 19.3 Å². The summed E-state index contributed by atoms with van der Waals surface area (Å²) in [5, 5.41) is 11.8. The first kappa shape index (κ1) is 27.2. The average molecular weight is 559 g/mol. The number of ketones is 1. The molecule has 1 aromatic heterocycles. The van der Waals surface area contributed by atoms with Gasteiger partial charge in [-0.25, -0.2) is 4.98 Å². The first-order chi connectivity index (χ1) is 19.3. The summed E-state index contributed by atoms with van der Waals surface area (Å²) in [6.45, 7) is 8.66. The van der Waals surface area contributed by atoms with E-state index in [2.05, 4.69) is 0 Å². The Balaban J connectivity index is 1.72. The van der Waals surface area contributed by atoms with Crippen LogP contribution in [0.3, 0.4) is 0 Å². The number of carbonyl (C=O) groups is 2. The third-order valence-electron chi connectivity index (χ3n) is 6.71. The van der Waals surface area contributed by atoms with Gasteiger partial charge >= 0.3 is 5.91 Å². The van der Waals surface area contributed by atoms with Gasteiger partial charge in [0.05, 0.1) is 42.2 Å². The predicted octanol–water partition coefficient (Wildman–Crippen LogP) is 6.35. The molecule has 1 amide bonds. The van der Waals surface area contributed by atoms with Crippen molar-refractivity contribution < 1.29 is 28.9 Å². The minimum Gasteiger partial charge on any atom is -0.507 e. The molecule has 1 fully saturated rings. The first-order valence-electron chi connectivity index (χ1n) is 13.0. The third-order valence-corrected chi connectivity index (χ3v) is 7.71. The van der Waals surface area contributed by atoms with E-state index in [9.17, 15) is 14.7 Å². The van der Waals surface area contributed by atoms with E-state index in [0.717, 1.165) is 21.3 Å². The van der Waals surface area contributed by atoms with E-state index in [1.807, 2.05) is 39.8 Å². The number of anilines is 1. The van der Waals surface area contributed by atoms with E-state index >= 15 is 0 Å². The number of aliphatic hydroxyl groups excluding tert-OH is 1. The second-order valence-corrected chi connectivity index (χ2v) is 10.4. The SMILES string of the molecule is CCOc1ccc(C(O)=C2C(=O)C(=O)N(c3nc4c(C)cc(C)cc4s3)C2c2ccc(OCC)c(OC)c2)cc1. The van der Waals surface area contributed by atoms with Crippen molar-refractivity contribution in [2.75, 3.05) is 25.2 Å². The highest BCUT2D eigenvalue weighted by Gasteiger charge is 2.48. The molecule has 0 saturated carbocycles. The van der Waals surface area contributed by atoms with Crippen molar-refractivity contribution in [1.82, 2.24) is 4.98 Å². The Morgan fingerprint density at radius 2 is 1.70 bits per heavy atom. The Morgan fingerprint density at radius 1 is 0.975 bits per heavy atom. The maximum Gasteiger partial charge on any atom is 0.301 e. The number of ether oxygens (including phenoxy) is 3. The van der Waals surface area contributed by atoms with Crippen molar-refractivity contribution in [2.45, 2.75) is 33.7 Å². The van der Waals surface area contributed by atoms with Crippen molar-refractivity contribution in [2.24, 2.45) is 0 Å². The Hall–Kier alpha value is -4.37. The summed E-state index contributed by atoms with van der Waals surface area (Å²) in [6, 6.07) is 15.1. The molecule has 0 bridgehead atoms. The lowest BCUT2D eigenvalue weighted by molar-refractivity contribution is -0.132. The van der Waals surface area contributed by atoms with Crippen LogP contribution in [-0.2, 0) is 9.59 Å². The molecule has 4 aromatic rings. The van der Waals surface area contributed by atoms with Gasteiger partial charge in [0.25, 0.3) is 5.78 Å². The number of carbonyl (C=O) groups excluding carboxylic acids is 2. The highest BCUT2D eigenvalue weighted by Crippen LogP contribution is 2.46. The summed E-state index contributed by atoms with van der Waals surface area (Å²) in [6.07, 6.45) is 0. The number of hydrogen-bond acceptors (Lipinski definition) is 8. The number of hydrogen-bond donors (Lipinski definition) is 1. The number of thiazole rings is 1. The van der Waals surface area contributed by atoms with E-state index in [-0.39, 0.29) is 11.3 Å². The van der Waals surface area contributed by atoms with Crippen LogP contribution >= 0.6 is 11.3 Å². The van der Waals surface area contributed by atoms with Gasteiger partial charge in [0.15, 0.2) is 16.6 Å². The Bertz CT molecular complexity index is 1640. The minimum absolute atomic E-state index is 0.0347. The quantitative estimate of drug-likeness (QED) is 0.153. The smallest absolute Gasteiger partial charge is 0.301 e. The topological polar surface area (TPSA) is 98.2 Å². The molecule has 1 N–H and O–H groups in total. The van der Waals surface area contributed by atoms with Crippen molar-refractivity contribution in [3.63, 3.8) is 0 Å². The number of benzene rings is 3. The van der Waals surface area contributed by atoms with E-state index in [1.54, 1.807) is 42.5 Å². The van der Waals surface area contributed by atoms with E-state index in [4.69, 9.17) is 19.2 Å². The number of methoxy groups -OCH3 is 1. The fraction of sp³-hybridized carbons (Fsp3) is 0.258. The van der Waals surface area contributed by atoms with Crippen molar-refractivity contribution in [3.05, 3.63) is 82.4 Å². The maximum absolute atomic E-state index is 13.6. The zero-order valence-corrected chi connectivity index (χ0v) is 23.8.